The summed E-state index contributed by atoms with van der Waals surface area (Å²) >= 11 is 0. The smallest absolute Gasteiger partial charge is 0.224 e. The monoisotopic (exact) mass is 298 g/mol. The lowest BCUT2D eigenvalue weighted by molar-refractivity contribution is 0.592. The van der Waals surface area contributed by atoms with Gasteiger partial charge in [0.2, 0.25) is 5.95 Å². The van der Waals surface area contributed by atoms with Crippen molar-refractivity contribution in [2.45, 2.75) is 46.5 Å². The zero-order valence-corrected chi connectivity index (χ0v) is 14.2. The zero-order chi connectivity index (χ0) is 16.2. The third-order valence-corrected chi connectivity index (χ3v) is 3.39. The minimum atomic E-state index is 0.0783. The van der Waals surface area contributed by atoms with Gasteiger partial charge in [0.05, 0.1) is 0 Å². The molecule has 0 fully saturated rings. The van der Waals surface area contributed by atoms with Crippen molar-refractivity contribution in [3.63, 3.8) is 0 Å². The maximum atomic E-state index is 4.56. The summed E-state index contributed by atoms with van der Waals surface area (Å²) in [5.41, 5.74) is 3.39. The van der Waals surface area contributed by atoms with E-state index in [9.17, 15) is 0 Å². The Morgan fingerprint density at radius 2 is 1.82 bits per heavy atom. The number of hydrogen-bond donors (Lipinski definition) is 2. The average Bonchev–Trinajstić information content (AvgIpc) is 2.44. The number of anilines is 3. The highest BCUT2D eigenvalue weighted by Crippen LogP contribution is 2.31. The number of aryl methyl sites for hydroxylation is 1. The van der Waals surface area contributed by atoms with Crippen LogP contribution in [-0.4, -0.2) is 16.5 Å². The fourth-order valence-corrected chi connectivity index (χ4v) is 2.33. The van der Waals surface area contributed by atoms with E-state index in [1.807, 2.05) is 19.1 Å². The van der Waals surface area contributed by atoms with E-state index < -0.39 is 0 Å². The van der Waals surface area contributed by atoms with Gasteiger partial charge in [0.1, 0.15) is 5.82 Å². The average molecular weight is 298 g/mol. The summed E-state index contributed by atoms with van der Waals surface area (Å²) < 4.78 is 0. The normalized spacial score (nSPS) is 11.3. The Morgan fingerprint density at radius 3 is 2.50 bits per heavy atom. The van der Waals surface area contributed by atoms with Gasteiger partial charge in [-0.3, -0.25) is 0 Å². The highest BCUT2D eigenvalue weighted by atomic mass is 15.1. The van der Waals surface area contributed by atoms with Crippen molar-refractivity contribution in [3.8, 4) is 0 Å². The molecule has 1 heterocycles. The molecule has 2 N–H and O–H groups in total. The molecule has 1 aromatic carbocycles. The zero-order valence-electron chi connectivity index (χ0n) is 14.2. The lowest BCUT2D eigenvalue weighted by Gasteiger charge is -2.23. The van der Waals surface area contributed by atoms with Gasteiger partial charge in [0.25, 0.3) is 0 Å². The predicted octanol–water partition coefficient (Wildman–Crippen LogP) is 4.65. The molecule has 0 bridgehead atoms. The van der Waals surface area contributed by atoms with Crippen LogP contribution in [0.3, 0.4) is 0 Å². The van der Waals surface area contributed by atoms with Gasteiger partial charge in [-0.15, -0.1) is 0 Å². The van der Waals surface area contributed by atoms with Gasteiger partial charge in [-0.25, -0.2) is 4.98 Å². The first-order valence-corrected chi connectivity index (χ1v) is 7.86. The molecule has 0 unspecified atom stereocenters. The SMILES string of the molecule is CCCNc1nc(C)cc(Nc2ccccc2C(C)(C)C)n1. The van der Waals surface area contributed by atoms with Crippen molar-refractivity contribution in [1.29, 1.82) is 0 Å². The van der Waals surface area contributed by atoms with Crippen LogP contribution in [0, 0.1) is 6.92 Å². The molecule has 4 heteroatoms. The van der Waals surface area contributed by atoms with E-state index in [2.05, 4.69) is 66.5 Å². The van der Waals surface area contributed by atoms with Crippen LogP contribution in [0.25, 0.3) is 0 Å². The summed E-state index contributed by atoms with van der Waals surface area (Å²) in [6.07, 6.45) is 1.05. The standard InChI is InChI=1S/C18H26N4/c1-6-11-19-17-20-13(2)12-16(22-17)21-15-10-8-7-9-14(15)18(3,4)5/h7-10,12H,6,11H2,1-5H3,(H2,19,20,21,22). The molecule has 22 heavy (non-hydrogen) atoms. The second-order valence-corrected chi connectivity index (χ2v) is 6.57. The summed E-state index contributed by atoms with van der Waals surface area (Å²) in [4.78, 5) is 8.98. The van der Waals surface area contributed by atoms with Crippen LogP contribution < -0.4 is 10.6 Å². The van der Waals surface area contributed by atoms with Crippen LogP contribution in [0.1, 0.15) is 45.4 Å². The molecule has 0 aliphatic rings. The minimum Gasteiger partial charge on any atom is -0.354 e. The lowest BCUT2D eigenvalue weighted by atomic mass is 9.86. The maximum absolute atomic E-state index is 4.56. The number of nitrogens with zero attached hydrogens (tertiary/aromatic N) is 2. The van der Waals surface area contributed by atoms with Crippen molar-refractivity contribution in [2.75, 3.05) is 17.2 Å². The van der Waals surface area contributed by atoms with E-state index in [-0.39, 0.29) is 5.41 Å². The molecule has 0 saturated carbocycles. The predicted molar refractivity (Wildman–Crippen MR) is 94.0 cm³/mol. The van der Waals surface area contributed by atoms with E-state index in [0.29, 0.717) is 5.95 Å². The van der Waals surface area contributed by atoms with Crippen LogP contribution in [-0.2, 0) is 5.41 Å². The molecule has 4 nitrogen and oxygen atoms in total. The van der Waals surface area contributed by atoms with Crippen molar-refractivity contribution in [2.24, 2.45) is 0 Å². The second kappa shape index (κ2) is 6.77. The molecule has 2 rings (SSSR count). The Bertz CT molecular complexity index is 629. The first-order chi connectivity index (χ1) is 10.4. The number of para-hydroxylation sites is 1. The van der Waals surface area contributed by atoms with Gasteiger partial charge in [0.15, 0.2) is 0 Å². The maximum Gasteiger partial charge on any atom is 0.224 e. The van der Waals surface area contributed by atoms with E-state index in [1.54, 1.807) is 0 Å². The van der Waals surface area contributed by atoms with Crippen LogP contribution in [0.2, 0.25) is 0 Å². The topological polar surface area (TPSA) is 49.8 Å². The van der Waals surface area contributed by atoms with E-state index in [1.165, 1.54) is 5.56 Å². The van der Waals surface area contributed by atoms with Crippen LogP contribution in [0.4, 0.5) is 17.5 Å². The highest BCUT2D eigenvalue weighted by molar-refractivity contribution is 5.63. The molecule has 0 aliphatic heterocycles. The molecular weight excluding hydrogens is 272 g/mol. The summed E-state index contributed by atoms with van der Waals surface area (Å²) in [7, 11) is 0. The lowest BCUT2D eigenvalue weighted by Crippen LogP contribution is -2.14. The molecule has 2 aromatic rings. The summed E-state index contributed by atoms with van der Waals surface area (Å²) in [5.74, 6) is 1.50. The van der Waals surface area contributed by atoms with Gasteiger partial charge in [-0.2, -0.15) is 4.98 Å². The third-order valence-electron chi connectivity index (χ3n) is 3.39. The number of hydrogen-bond acceptors (Lipinski definition) is 4. The molecule has 118 valence electrons. The van der Waals surface area contributed by atoms with Crippen molar-refractivity contribution < 1.29 is 0 Å². The highest BCUT2D eigenvalue weighted by Gasteiger charge is 2.17. The van der Waals surface area contributed by atoms with Gasteiger partial charge < -0.3 is 10.6 Å². The van der Waals surface area contributed by atoms with Gasteiger partial charge in [-0.05, 0) is 30.4 Å². The number of benzene rings is 1. The minimum absolute atomic E-state index is 0.0783. The Balaban J connectivity index is 2.30. The first kappa shape index (κ1) is 16.3. The first-order valence-electron chi connectivity index (χ1n) is 7.86. The molecule has 0 aliphatic carbocycles. The Labute approximate surface area is 133 Å². The quantitative estimate of drug-likeness (QED) is 0.843. The summed E-state index contributed by atoms with van der Waals surface area (Å²) in [5, 5.41) is 6.69. The number of nitrogens with one attached hydrogen (secondary N) is 2. The second-order valence-electron chi connectivity index (χ2n) is 6.57. The van der Waals surface area contributed by atoms with Crippen LogP contribution >= 0.6 is 0 Å². The molecular formula is C18H26N4. The fourth-order valence-electron chi connectivity index (χ4n) is 2.33. The largest absolute Gasteiger partial charge is 0.354 e. The molecule has 0 radical (unpaired) electrons. The molecule has 0 amide bonds. The van der Waals surface area contributed by atoms with Gasteiger partial charge in [-0.1, -0.05) is 45.9 Å². The van der Waals surface area contributed by atoms with E-state index >= 15 is 0 Å². The van der Waals surface area contributed by atoms with Crippen molar-refractivity contribution in [3.05, 3.63) is 41.6 Å². The molecule has 1 aromatic heterocycles. The van der Waals surface area contributed by atoms with Crippen molar-refractivity contribution >= 4 is 17.5 Å². The summed E-state index contributed by atoms with van der Waals surface area (Å²) in [6.45, 7) is 11.6. The molecule has 0 spiro atoms. The molecule has 0 atom stereocenters. The van der Waals surface area contributed by atoms with Crippen LogP contribution in [0.15, 0.2) is 30.3 Å². The van der Waals surface area contributed by atoms with E-state index in [4.69, 9.17) is 0 Å². The third kappa shape index (κ3) is 4.20. The number of aromatic nitrogens is 2. The fraction of sp³-hybridized carbons (Fsp3) is 0.444. The number of rotatable bonds is 5. The van der Waals surface area contributed by atoms with E-state index in [0.717, 1.165) is 30.2 Å². The van der Waals surface area contributed by atoms with Crippen LogP contribution in [0.5, 0.6) is 0 Å². The van der Waals surface area contributed by atoms with Crippen molar-refractivity contribution in [1.82, 2.24) is 9.97 Å². The molecule has 0 saturated heterocycles. The summed E-state index contributed by atoms with van der Waals surface area (Å²) in [6, 6.07) is 10.3. The van der Waals surface area contributed by atoms with Gasteiger partial charge >= 0.3 is 0 Å². The Kier molecular flexibility index (Phi) is 5.01. The van der Waals surface area contributed by atoms with Gasteiger partial charge in [0, 0.05) is 24.0 Å². The Hall–Kier alpha value is -2.10. The Morgan fingerprint density at radius 1 is 1.09 bits per heavy atom.